The summed E-state index contributed by atoms with van der Waals surface area (Å²) in [4.78, 5) is 67.6. The predicted molar refractivity (Wildman–Crippen MR) is 260 cm³/mol. The Morgan fingerprint density at radius 1 is 0.714 bits per heavy atom. The van der Waals surface area contributed by atoms with E-state index in [1.165, 1.54) is 12.1 Å². The molecule has 1 unspecified atom stereocenters. The predicted octanol–water partition coefficient (Wildman–Crippen LogP) is 4.45. The number of carbonyl (C=O) groups is 5. The Balaban J connectivity index is 0.769. The number of halogens is 2. The lowest BCUT2D eigenvalue weighted by molar-refractivity contribution is -0.123. The van der Waals surface area contributed by atoms with Gasteiger partial charge in [0.05, 0.1) is 57.9 Å². The SMILES string of the molecule is C=CC(=O)Nc1cccc(Nc2nc(Nc3ccc(OCCOCCNC(=O)CCCC(=O)NCCCOCCOCCOCCCNC(=O)CCCC4SC[C@@H]5NC(=O)N[C@H]45)c(F)c3)ncc2F)c1. The fourth-order valence-corrected chi connectivity index (χ4v) is 8.59. The molecule has 3 atom stereocenters. The summed E-state index contributed by atoms with van der Waals surface area (Å²) in [5.41, 5.74) is 1.20. The van der Waals surface area contributed by atoms with Gasteiger partial charge < -0.3 is 66.2 Å². The summed E-state index contributed by atoms with van der Waals surface area (Å²) in [5.74, 6) is -1.34. The van der Waals surface area contributed by atoms with E-state index in [9.17, 15) is 32.8 Å². The highest BCUT2D eigenvalue weighted by Crippen LogP contribution is 2.33. The van der Waals surface area contributed by atoms with Crippen molar-refractivity contribution in [3.8, 4) is 5.75 Å². The average Bonchev–Trinajstić information content (AvgIpc) is 3.90. The van der Waals surface area contributed by atoms with Gasteiger partial charge in [0, 0.05) is 86.2 Å². The van der Waals surface area contributed by atoms with Gasteiger partial charge >= 0.3 is 6.03 Å². The minimum atomic E-state index is -0.730. The van der Waals surface area contributed by atoms with Crippen molar-refractivity contribution >= 4 is 70.3 Å². The standard InChI is InChI=1S/C47H64F2N10O10S/c1-2-40(60)54-32-8-3-9-33(28-32)55-45-36(49)30-53-46(59-45)56-34-14-15-38(35(48)29-34)69-27-26-67-21-18-52-43(63)13-5-12-42(62)51-17-7-20-66-23-25-68-24-22-65-19-6-16-50-41(61)11-4-10-39-44-37(31-70-39)57-47(64)58-44/h2-3,8-9,14-15,28-30,37,39,44H,1,4-7,10-13,16-27,31H2,(H,50,61)(H,51,62)(H,52,63)(H,54,60)(H2,57,58,64)(H2,53,55,56,59)/t37-,39?,44-/m0/s1. The molecule has 20 nitrogen and oxygen atoms in total. The number of ether oxygens (including phenoxy) is 5. The number of amides is 6. The van der Waals surface area contributed by atoms with E-state index < -0.39 is 17.5 Å². The molecule has 2 aliphatic heterocycles. The van der Waals surface area contributed by atoms with E-state index in [1.54, 1.807) is 30.3 Å². The number of benzene rings is 2. The third kappa shape index (κ3) is 20.8. The number of aromatic nitrogens is 2. The number of anilines is 5. The second-order valence-corrected chi connectivity index (χ2v) is 17.3. The zero-order chi connectivity index (χ0) is 49.8. The summed E-state index contributed by atoms with van der Waals surface area (Å²) in [6.07, 6.45) is 6.42. The zero-order valence-corrected chi connectivity index (χ0v) is 39.9. The van der Waals surface area contributed by atoms with E-state index in [4.69, 9.17) is 23.7 Å². The lowest BCUT2D eigenvalue weighted by Gasteiger charge is -2.16. The molecule has 0 radical (unpaired) electrons. The number of hydrogen-bond donors (Lipinski definition) is 8. The maximum Gasteiger partial charge on any atom is 0.315 e. The maximum atomic E-state index is 14.8. The van der Waals surface area contributed by atoms with Crippen molar-refractivity contribution in [2.75, 3.05) is 101 Å². The van der Waals surface area contributed by atoms with E-state index in [0.717, 1.165) is 30.9 Å². The van der Waals surface area contributed by atoms with Crippen LogP contribution in [0.4, 0.5) is 42.4 Å². The van der Waals surface area contributed by atoms with Crippen LogP contribution in [-0.2, 0) is 38.1 Å². The normalized spacial score (nSPS) is 15.8. The molecule has 382 valence electrons. The maximum absolute atomic E-state index is 14.8. The molecule has 2 fully saturated rings. The Bertz CT molecular complexity index is 2160. The molecule has 70 heavy (non-hydrogen) atoms. The molecule has 0 aliphatic carbocycles. The highest BCUT2D eigenvalue weighted by molar-refractivity contribution is 8.00. The van der Waals surface area contributed by atoms with Crippen molar-refractivity contribution in [1.29, 1.82) is 0 Å². The van der Waals surface area contributed by atoms with Crippen molar-refractivity contribution in [3.05, 3.63) is 73.0 Å². The molecular weight excluding hydrogens is 935 g/mol. The molecule has 0 saturated carbocycles. The Morgan fingerprint density at radius 2 is 1.34 bits per heavy atom. The van der Waals surface area contributed by atoms with E-state index in [-0.39, 0.29) is 98.2 Å². The first-order chi connectivity index (χ1) is 34.1. The highest BCUT2D eigenvalue weighted by atomic mass is 32.2. The number of urea groups is 1. The van der Waals surface area contributed by atoms with Gasteiger partial charge in [-0.15, -0.1) is 0 Å². The smallest absolute Gasteiger partial charge is 0.315 e. The summed E-state index contributed by atoms with van der Waals surface area (Å²) in [7, 11) is 0. The summed E-state index contributed by atoms with van der Waals surface area (Å²) >= 11 is 1.85. The van der Waals surface area contributed by atoms with Gasteiger partial charge in [-0.2, -0.15) is 16.7 Å². The van der Waals surface area contributed by atoms with Crippen LogP contribution in [0, 0.1) is 11.6 Å². The van der Waals surface area contributed by atoms with Gasteiger partial charge in [-0.05, 0) is 68.5 Å². The molecule has 23 heteroatoms. The van der Waals surface area contributed by atoms with Crippen LogP contribution in [0.1, 0.15) is 51.4 Å². The van der Waals surface area contributed by atoms with Crippen LogP contribution in [0.25, 0.3) is 0 Å². The molecule has 6 amide bonds. The van der Waals surface area contributed by atoms with Crippen LogP contribution in [0.3, 0.4) is 0 Å². The highest BCUT2D eigenvalue weighted by Gasteiger charge is 2.42. The van der Waals surface area contributed by atoms with E-state index in [0.29, 0.717) is 95.0 Å². The molecular formula is C47H64F2N10O10S. The second-order valence-electron chi connectivity index (χ2n) is 16.0. The average molecular weight is 999 g/mol. The minimum absolute atomic E-state index is 0.000931. The molecule has 3 heterocycles. The number of carbonyl (C=O) groups excluding carboxylic acids is 5. The Labute approximate surface area is 410 Å². The van der Waals surface area contributed by atoms with Gasteiger partial charge in [-0.25, -0.2) is 18.6 Å². The minimum Gasteiger partial charge on any atom is -0.488 e. The van der Waals surface area contributed by atoms with Gasteiger partial charge in [0.2, 0.25) is 29.6 Å². The number of rotatable bonds is 35. The van der Waals surface area contributed by atoms with Crippen LogP contribution in [0.15, 0.2) is 61.3 Å². The molecule has 2 aromatic carbocycles. The van der Waals surface area contributed by atoms with Gasteiger partial charge in [-0.3, -0.25) is 19.2 Å². The van der Waals surface area contributed by atoms with Crippen LogP contribution in [0.2, 0.25) is 0 Å². The van der Waals surface area contributed by atoms with Crippen LogP contribution < -0.4 is 47.3 Å². The first-order valence-corrected chi connectivity index (χ1v) is 24.4. The third-order valence-electron chi connectivity index (χ3n) is 10.5. The number of nitrogens with zero attached hydrogens (tertiary/aromatic N) is 2. The van der Waals surface area contributed by atoms with Gasteiger partial charge in [0.1, 0.15) is 6.61 Å². The van der Waals surface area contributed by atoms with Crippen molar-refractivity contribution in [2.45, 2.75) is 68.7 Å². The molecule has 5 rings (SSSR count). The molecule has 8 N–H and O–H groups in total. The molecule has 0 bridgehead atoms. The lowest BCUT2D eigenvalue weighted by Crippen LogP contribution is -2.37. The quantitative estimate of drug-likeness (QED) is 0.0230. The third-order valence-corrected chi connectivity index (χ3v) is 12.0. The lowest BCUT2D eigenvalue weighted by atomic mass is 10.0. The summed E-state index contributed by atoms with van der Waals surface area (Å²) in [6.45, 7) is 7.83. The first kappa shape index (κ1) is 54.8. The summed E-state index contributed by atoms with van der Waals surface area (Å²) < 4.78 is 56.9. The first-order valence-electron chi connectivity index (χ1n) is 23.4. The Kier molecular flexibility index (Phi) is 24.4. The van der Waals surface area contributed by atoms with Gasteiger partial charge in [0.25, 0.3) is 0 Å². The summed E-state index contributed by atoms with van der Waals surface area (Å²) in [5, 5.41) is 23.0. The fourth-order valence-electron chi connectivity index (χ4n) is 7.05. The molecule has 2 aliphatic rings. The van der Waals surface area contributed by atoms with Crippen molar-refractivity contribution in [2.24, 2.45) is 0 Å². The number of thioether (sulfide) groups is 1. The number of nitrogens with one attached hydrogen (secondary N) is 8. The van der Waals surface area contributed by atoms with Crippen molar-refractivity contribution < 1.29 is 56.4 Å². The molecule has 1 aromatic heterocycles. The van der Waals surface area contributed by atoms with Crippen LogP contribution in [-0.4, -0.2) is 142 Å². The van der Waals surface area contributed by atoms with E-state index in [2.05, 4.69) is 59.1 Å². The monoisotopic (exact) mass is 998 g/mol. The topological polar surface area (TPSA) is 254 Å². The summed E-state index contributed by atoms with van der Waals surface area (Å²) in [6, 6.07) is 11.0. The largest absolute Gasteiger partial charge is 0.488 e. The Hall–Kier alpha value is -6.14. The van der Waals surface area contributed by atoms with Crippen molar-refractivity contribution in [1.82, 2.24) is 36.6 Å². The molecule has 0 spiro atoms. The molecule has 3 aromatic rings. The van der Waals surface area contributed by atoms with Crippen molar-refractivity contribution in [3.63, 3.8) is 0 Å². The van der Waals surface area contributed by atoms with Crippen LogP contribution >= 0.6 is 11.8 Å². The van der Waals surface area contributed by atoms with Gasteiger partial charge in [0.15, 0.2) is 23.2 Å². The van der Waals surface area contributed by atoms with E-state index >= 15 is 0 Å². The Morgan fingerprint density at radius 3 is 2.04 bits per heavy atom. The molecule has 2 saturated heterocycles. The number of hydrogen-bond acceptors (Lipinski definition) is 15. The van der Waals surface area contributed by atoms with Crippen LogP contribution in [0.5, 0.6) is 5.75 Å². The van der Waals surface area contributed by atoms with Gasteiger partial charge in [-0.1, -0.05) is 12.6 Å². The zero-order valence-electron chi connectivity index (χ0n) is 39.1. The second kappa shape index (κ2) is 31.2. The fraction of sp³-hybridized carbons (Fsp3) is 0.511. The van der Waals surface area contributed by atoms with E-state index in [1.807, 2.05) is 11.8 Å². The number of fused-ring (bicyclic) bond motifs is 1.